The summed E-state index contributed by atoms with van der Waals surface area (Å²) in [4.78, 5) is 12.2. The Morgan fingerprint density at radius 1 is 1.23 bits per heavy atom. The highest BCUT2D eigenvalue weighted by Gasteiger charge is 2.21. The second kappa shape index (κ2) is 7.78. The van der Waals surface area contributed by atoms with Crippen molar-refractivity contribution in [2.45, 2.75) is 13.0 Å². The van der Waals surface area contributed by atoms with Crippen molar-refractivity contribution >= 4 is 23.6 Å². The van der Waals surface area contributed by atoms with Crippen LogP contribution in [-0.2, 0) is 9.53 Å². The first-order valence-electron chi connectivity index (χ1n) is 6.99. The van der Waals surface area contributed by atoms with E-state index in [1.165, 1.54) is 0 Å². The zero-order valence-electron chi connectivity index (χ0n) is 12.2. The monoisotopic (exact) mass is 316 g/mol. The number of rotatable bonds is 5. The fourth-order valence-electron chi connectivity index (χ4n) is 2.05. The summed E-state index contributed by atoms with van der Waals surface area (Å²) in [7, 11) is 0. The minimum absolute atomic E-state index is 0.176. The number of halogens is 1. The van der Waals surface area contributed by atoms with Crippen LogP contribution in [0.15, 0.2) is 60.2 Å². The maximum absolute atomic E-state index is 12.2. The topological polar surface area (TPSA) is 46.5 Å². The van der Waals surface area contributed by atoms with Crippen LogP contribution in [0.25, 0.3) is 6.08 Å². The molecule has 0 saturated carbocycles. The highest BCUT2D eigenvalue weighted by atomic mass is 35.5. The molecule has 0 aliphatic heterocycles. The van der Waals surface area contributed by atoms with Gasteiger partial charge >= 0.3 is 5.97 Å². The van der Waals surface area contributed by atoms with Crippen molar-refractivity contribution in [3.63, 3.8) is 0 Å². The largest absolute Gasteiger partial charge is 0.463 e. The van der Waals surface area contributed by atoms with E-state index in [-0.39, 0.29) is 12.2 Å². The van der Waals surface area contributed by atoms with E-state index < -0.39 is 12.1 Å². The lowest BCUT2D eigenvalue weighted by Crippen LogP contribution is -2.14. The molecular formula is C18H17ClO3. The van der Waals surface area contributed by atoms with E-state index in [1.54, 1.807) is 55.5 Å². The Balaban J connectivity index is 2.40. The van der Waals surface area contributed by atoms with Crippen LogP contribution >= 0.6 is 11.6 Å². The molecule has 0 radical (unpaired) electrons. The molecule has 0 bridgehead atoms. The van der Waals surface area contributed by atoms with E-state index in [2.05, 4.69) is 0 Å². The molecule has 0 aliphatic carbocycles. The number of aliphatic hydroxyl groups excluding tert-OH is 1. The average Bonchev–Trinajstić information content (AvgIpc) is 2.53. The van der Waals surface area contributed by atoms with Crippen molar-refractivity contribution in [3.05, 3.63) is 76.3 Å². The molecule has 0 heterocycles. The van der Waals surface area contributed by atoms with Crippen LogP contribution in [0.1, 0.15) is 24.2 Å². The minimum atomic E-state index is -1.06. The maximum Gasteiger partial charge on any atom is 0.337 e. The summed E-state index contributed by atoms with van der Waals surface area (Å²) in [6.45, 7) is 1.97. The summed E-state index contributed by atoms with van der Waals surface area (Å²) in [6, 6.07) is 16.0. The first kappa shape index (κ1) is 16.3. The summed E-state index contributed by atoms with van der Waals surface area (Å²) in [5, 5.41) is 11.1. The van der Waals surface area contributed by atoms with Crippen molar-refractivity contribution < 1.29 is 14.6 Å². The van der Waals surface area contributed by atoms with E-state index in [0.717, 1.165) is 5.56 Å². The molecule has 2 rings (SSSR count). The number of benzene rings is 2. The van der Waals surface area contributed by atoms with E-state index in [4.69, 9.17) is 16.3 Å². The predicted molar refractivity (Wildman–Crippen MR) is 87.5 cm³/mol. The SMILES string of the molecule is CCOC(=O)/C(=C/c1cccc(Cl)c1)C(O)c1ccccc1. The average molecular weight is 317 g/mol. The molecule has 0 aliphatic rings. The van der Waals surface area contributed by atoms with Gasteiger partial charge in [0.05, 0.1) is 12.2 Å². The van der Waals surface area contributed by atoms with Gasteiger partial charge in [0.1, 0.15) is 6.10 Å². The summed E-state index contributed by atoms with van der Waals surface area (Å²) in [5.41, 5.74) is 1.53. The van der Waals surface area contributed by atoms with Crippen LogP contribution in [0, 0.1) is 0 Å². The highest BCUT2D eigenvalue weighted by molar-refractivity contribution is 6.30. The Labute approximate surface area is 134 Å². The van der Waals surface area contributed by atoms with Crippen LogP contribution < -0.4 is 0 Å². The van der Waals surface area contributed by atoms with Crippen molar-refractivity contribution in [2.75, 3.05) is 6.61 Å². The van der Waals surface area contributed by atoms with Gasteiger partial charge in [-0.15, -0.1) is 0 Å². The van der Waals surface area contributed by atoms with Gasteiger partial charge in [0.15, 0.2) is 0 Å². The number of aliphatic hydroxyl groups is 1. The minimum Gasteiger partial charge on any atom is -0.463 e. The molecule has 2 aromatic rings. The molecule has 1 N–H and O–H groups in total. The van der Waals surface area contributed by atoms with E-state index >= 15 is 0 Å². The molecule has 0 fully saturated rings. The molecule has 0 amide bonds. The summed E-state index contributed by atoms with van der Waals surface area (Å²) in [6.07, 6.45) is 0.542. The van der Waals surface area contributed by atoms with Crippen LogP contribution in [0.3, 0.4) is 0 Å². The van der Waals surface area contributed by atoms with E-state index in [0.29, 0.717) is 10.6 Å². The Bertz CT molecular complexity index is 665. The lowest BCUT2D eigenvalue weighted by atomic mass is 9.99. The van der Waals surface area contributed by atoms with Gasteiger partial charge < -0.3 is 9.84 Å². The fraction of sp³-hybridized carbons (Fsp3) is 0.167. The second-order valence-electron chi connectivity index (χ2n) is 4.69. The lowest BCUT2D eigenvalue weighted by Gasteiger charge is -2.14. The number of ether oxygens (including phenoxy) is 1. The molecule has 0 spiro atoms. The molecule has 0 aromatic heterocycles. The Kier molecular flexibility index (Phi) is 5.75. The molecule has 1 atom stereocenters. The number of carbonyl (C=O) groups excluding carboxylic acids is 1. The van der Waals surface area contributed by atoms with Crippen LogP contribution in [-0.4, -0.2) is 17.7 Å². The van der Waals surface area contributed by atoms with Gasteiger partial charge in [-0.05, 0) is 36.3 Å². The molecule has 4 heteroatoms. The van der Waals surface area contributed by atoms with Gasteiger partial charge in [-0.25, -0.2) is 4.79 Å². The molecule has 2 aromatic carbocycles. The van der Waals surface area contributed by atoms with E-state index in [1.807, 2.05) is 12.1 Å². The zero-order chi connectivity index (χ0) is 15.9. The number of hydrogen-bond acceptors (Lipinski definition) is 3. The summed E-state index contributed by atoms with van der Waals surface area (Å²) >= 11 is 5.96. The lowest BCUT2D eigenvalue weighted by molar-refractivity contribution is -0.139. The Morgan fingerprint density at radius 2 is 1.95 bits per heavy atom. The third-order valence-electron chi connectivity index (χ3n) is 3.09. The first-order chi connectivity index (χ1) is 10.6. The van der Waals surface area contributed by atoms with Gasteiger partial charge in [0.2, 0.25) is 0 Å². The third kappa shape index (κ3) is 4.20. The first-order valence-corrected chi connectivity index (χ1v) is 7.37. The van der Waals surface area contributed by atoms with E-state index in [9.17, 15) is 9.90 Å². The van der Waals surface area contributed by atoms with Gasteiger partial charge in [-0.2, -0.15) is 0 Å². The molecule has 114 valence electrons. The second-order valence-corrected chi connectivity index (χ2v) is 5.12. The highest BCUT2D eigenvalue weighted by Crippen LogP contribution is 2.25. The van der Waals surface area contributed by atoms with Crippen molar-refractivity contribution in [2.24, 2.45) is 0 Å². The standard InChI is InChI=1S/C18H17ClO3/c1-2-22-18(21)16(12-13-7-6-10-15(19)11-13)17(20)14-8-4-3-5-9-14/h3-12,17,20H,2H2,1H3/b16-12+. The molecule has 3 nitrogen and oxygen atoms in total. The number of carbonyl (C=O) groups is 1. The van der Waals surface area contributed by atoms with Crippen molar-refractivity contribution in [1.82, 2.24) is 0 Å². The van der Waals surface area contributed by atoms with Gasteiger partial charge in [0.25, 0.3) is 0 Å². The number of hydrogen-bond donors (Lipinski definition) is 1. The van der Waals surface area contributed by atoms with Crippen LogP contribution in [0.2, 0.25) is 5.02 Å². The molecule has 1 unspecified atom stereocenters. The molecule has 0 saturated heterocycles. The van der Waals surface area contributed by atoms with Crippen molar-refractivity contribution in [3.8, 4) is 0 Å². The van der Waals surface area contributed by atoms with Crippen LogP contribution in [0.4, 0.5) is 0 Å². The summed E-state index contributed by atoms with van der Waals surface area (Å²) in [5.74, 6) is -0.543. The number of esters is 1. The third-order valence-corrected chi connectivity index (χ3v) is 3.33. The maximum atomic E-state index is 12.2. The molecular weight excluding hydrogens is 300 g/mol. The normalized spacial score (nSPS) is 12.8. The fourth-order valence-corrected chi connectivity index (χ4v) is 2.25. The Hall–Kier alpha value is -2.10. The van der Waals surface area contributed by atoms with Gasteiger partial charge in [-0.1, -0.05) is 54.1 Å². The molecule has 22 heavy (non-hydrogen) atoms. The van der Waals surface area contributed by atoms with Gasteiger partial charge in [-0.3, -0.25) is 0 Å². The predicted octanol–water partition coefficient (Wildman–Crippen LogP) is 4.02. The van der Waals surface area contributed by atoms with Crippen LogP contribution in [0.5, 0.6) is 0 Å². The van der Waals surface area contributed by atoms with Gasteiger partial charge in [0, 0.05) is 5.02 Å². The van der Waals surface area contributed by atoms with Crippen molar-refractivity contribution in [1.29, 1.82) is 0 Å². The zero-order valence-corrected chi connectivity index (χ0v) is 13.0. The summed E-state index contributed by atoms with van der Waals surface area (Å²) < 4.78 is 5.05. The Morgan fingerprint density at radius 3 is 2.59 bits per heavy atom. The smallest absolute Gasteiger partial charge is 0.337 e. The quantitative estimate of drug-likeness (QED) is 0.669.